The Morgan fingerprint density at radius 3 is 2.56 bits per heavy atom. The van der Waals surface area contributed by atoms with Gasteiger partial charge in [-0.15, -0.1) is 16.4 Å². The number of amides is 1. The maximum atomic E-state index is 12.4. The van der Waals surface area contributed by atoms with E-state index in [0.29, 0.717) is 16.1 Å². The van der Waals surface area contributed by atoms with Crippen molar-refractivity contribution in [1.29, 1.82) is 0 Å². The zero-order valence-corrected chi connectivity index (χ0v) is 14.4. The number of carbonyl (C=O) groups excluding carboxylic acids is 2. The number of rotatable bonds is 5. The SMILES string of the molecule is CC(=O)c1ccc(NC(=O)[C@@H](C)n2nc(-c3cccs3)oc2=O)cc1. The number of carbonyl (C=O) groups is 2. The Morgan fingerprint density at radius 2 is 1.96 bits per heavy atom. The summed E-state index contributed by atoms with van der Waals surface area (Å²) in [6, 6.07) is 9.26. The van der Waals surface area contributed by atoms with Crippen LogP contribution in [0.3, 0.4) is 0 Å². The maximum Gasteiger partial charge on any atom is 0.438 e. The number of thiophene rings is 1. The molecule has 8 heteroatoms. The first-order chi connectivity index (χ1) is 12.0. The van der Waals surface area contributed by atoms with Crippen LogP contribution < -0.4 is 11.1 Å². The van der Waals surface area contributed by atoms with E-state index in [4.69, 9.17) is 4.42 Å². The highest BCUT2D eigenvalue weighted by Crippen LogP contribution is 2.22. The van der Waals surface area contributed by atoms with Gasteiger partial charge in [0.05, 0.1) is 4.88 Å². The molecule has 0 radical (unpaired) electrons. The third-order valence-corrected chi connectivity index (χ3v) is 4.46. The van der Waals surface area contributed by atoms with Gasteiger partial charge in [-0.2, -0.15) is 4.68 Å². The lowest BCUT2D eigenvalue weighted by molar-refractivity contribution is -0.119. The molecule has 128 valence electrons. The molecule has 2 heterocycles. The number of anilines is 1. The lowest BCUT2D eigenvalue weighted by Gasteiger charge is -2.11. The van der Waals surface area contributed by atoms with Crippen LogP contribution in [0.2, 0.25) is 0 Å². The van der Waals surface area contributed by atoms with E-state index in [-0.39, 0.29) is 11.7 Å². The Bertz CT molecular complexity index is 955. The van der Waals surface area contributed by atoms with Crippen LogP contribution in [0.5, 0.6) is 0 Å². The summed E-state index contributed by atoms with van der Waals surface area (Å²) >= 11 is 1.39. The van der Waals surface area contributed by atoms with Crippen molar-refractivity contribution in [1.82, 2.24) is 9.78 Å². The summed E-state index contributed by atoms with van der Waals surface area (Å²) in [5, 5.41) is 8.63. The highest BCUT2D eigenvalue weighted by molar-refractivity contribution is 7.13. The highest BCUT2D eigenvalue weighted by atomic mass is 32.1. The molecule has 3 aromatic rings. The Hall–Kier alpha value is -3.00. The predicted molar refractivity (Wildman–Crippen MR) is 93.9 cm³/mol. The molecular weight excluding hydrogens is 342 g/mol. The van der Waals surface area contributed by atoms with Crippen LogP contribution in [0.4, 0.5) is 5.69 Å². The molecule has 0 spiro atoms. The summed E-state index contributed by atoms with van der Waals surface area (Å²) in [6.07, 6.45) is 0. The first kappa shape index (κ1) is 16.8. The standard InChI is InChI=1S/C17H15N3O4S/c1-10(15(22)18-13-7-5-12(6-8-13)11(2)21)20-17(23)24-16(19-20)14-4-3-9-25-14/h3-10H,1-2H3,(H,18,22)/t10-/m1/s1. The van der Waals surface area contributed by atoms with Gasteiger partial charge in [0.2, 0.25) is 5.91 Å². The molecule has 0 aliphatic heterocycles. The van der Waals surface area contributed by atoms with Crippen LogP contribution >= 0.6 is 11.3 Å². The molecule has 1 amide bonds. The third-order valence-electron chi connectivity index (χ3n) is 3.61. The van der Waals surface area contributed by atoms with Crippen molar-refractivity contribution in [2.75, 3.05) is 5.32 Å². The molecule has 3 rings (SSSR count). The highest BCUT2D eigenvalue weighted by Gasteiger charge is 2.22. The van der Waals surface area contributed by atoms with Crippen LogP contribution in [-0.4, -0.2) is 21.5 Å². The van der Waals surface area contributed by atoms with E-state index in [0.717, 1.165) is 4.68 Å². The van der Waals surface area contributed by atoms with Gasteiger partial charge in [0.25, 0.3) is 5.89 Å². The average molecular weight is 357 g/mol. The van der Waals surface area contributed by atoms with Crippen LogP contribution in [0, 0.1) is 0 Å². The van der Waals surface area contributed by atoms with E-state index in [9.17, 15) is 14.4 Å². The topological polar surface area (TPSA) is 94.2 Å². The number of benzene rings is 1. The average Bonchev–Trinajstić information content (AvgIpc) is 3.24. The quantitative estimate of drug-likeness (QED) is 0.709. The molecule has 0 unspecified atom stereocenters. The molecule has 0 saturated carbocycles. The zero-order valence-electron chi connectivity index (χ0n) is 13.6. The number of hydrogen-bond acceptors (Lipinski definition) is 6. The van der Waals surface area contributed by atoms with Gasteiger partial charge in [0.15, 0.2) is 5.78 Å². The van der Waals surface area contributed by atoms with Crippen molar-refractivity contribution in [3.63, 3.8) is 0 Å². The van der Waals surface area contributed by atoms with E-state index in [1.807, 2.05) is 11.4 Å². The lowest BCUT2D eigenvalue weighted by Crippen LogP contribution is -2.30. The first-order valence-corrected chi connectivity index (χ1v) is 8.39. The molecule has 1 atom stereocenters. The predicted octanol–water partition coefficient (Wildman–Crippen LogP) is 2.97. The summed E-state index contributed by atoms with van der Waals surface area (Å²) in [6.45, 7) is 3.03. The van der Waals surface area contributed by atoms with Crippen molar-refractivity contribution in [3.05, 3.63) is 57.9 Å². The molecule has 1 N–H and O–H groups in total. The molecule has 0 aliphatic carbocycles. The molecule has 7 nitrogen and oxygen atoms in total. The fourth-order valence-corrected chi connectivity index (χ4v) is 2.82. The minimum absolute atomic E-state index is 0.0542. The van der Waals surface area contributed by atoms with E-state index in [1.165, 1.54) is 18.3 Å². The van der Waals surface area contributed by atoms with Gasteiger partial charge >= 0.3 is 5.76 Å². The van der Waals surface area contributed by atoms with Crippen molar-refractivity contribution in [2.45, 2.75) is 19.9 Å². The summed E-state index contributed by atoms with van der Waals surface area (Å²) in [5.74, 6) is -0.978. The Balaban J connectivity index is 1.76. The lowest BCUT2D eigenvalue weighted by atomic mass is 10.1. The fraction of sp³-hybridized carbons (Fsp3) is 0.176. The van der Waals surface area contributed by atoms with E-state index >= 15 is 0 Å². The molecule has 0 bridgehead atoms. The summed E-state index contributed by atoms with van der Waals surface area (Å²) < 4.78 is 6.12. The second kappa shape index (κ2) is 6.86. The van der Waals surface area contributed by atoms with Crippen molar-refractivity contribution >= 4 is 28.7 Å². The third kappa shape index (κ3) is 3.58. The smallest absolute Gasteiger partial charge is 0.387 e. The number of aromatic nitrogens is 2. The van der Waals surface area contributed by atoms with Gasteiger partial charge in [-0.05, 0) is 49.6 Å². The second-order valence-corrected chi connectivity index (χ2v) is 6.34. The minimum atomic E-state index is -0.850. The van der Waals surface area contributed by atoms with Crippen LogP contribution in [0.1, 0.15) is 30.2 Å². The van der Waals surface area contributed by atoms with Crippen molar-refractivity contribution in [2.24, 2.45) is 0 Å². The van der Waals surface area contributed by atoms with Crippen molar-refractivity contribution in [3.8, 4) is 10.8 Å². The van der Waals surface area contributed by atoms with Gasteiger partial charge < -0.3 is 9.73 Å². The van der Waals surface area contributed by atoms with E-state index in [1.54, 1.807) is 37.3 Å². The van der Waals surface area contributed by atoms with Crippen LogP contribution in [0.25, 0.3) is 10.8 Å². The Kier molecular flexibility index (Phi) is 4.62. The van der Waals surface area contributed by atoms with Gasteiger partial charge in [0, 0.05) is 11.3 Å². The first-order valence-electron chi connectivity index (χ1n) is 7.51. The van der Waals surface area contributed by atoms with Gasteiger partial charge in [-0.25, -0.2) is 4.79 Å². The number of nitrogens with one attached hydrogen (secondary N) is 1. The van der Waals surface area contributed by atoms with Crippen LogP contribution in [-0.2, 0) is 4.79 Å². The molecule has 0 fully saturated rings. The van der Waals surface area contributed by atoms with Crippen molar-refractivity contribution < 1.29 is 14.0 Å². The summed E-state index contributed by atoms with van der Waals surface area (Å²) in [4.78, 5) is 36.3. The molecule has 2 aromatic heterocycles. The normalized spacial score (nSPS) is 11.9. The number of Topliss-reactive ketones (excluding diaryl/α,β-unsaturated/α-hetero) is 1. The fourth-order valence-electron chi connectivity index (χ4n) is 2.18. The largest absolute Gasteiger partial charge is 0.438 e. The summed E-state index contributed by atoms with van der Waals surface area (Å²) in [7, 11) is 0. The molecule has 0 aliphatic rings. The second-order valence-electron chi connectivity index (χ2n) is 5.39. The zero-order chi connectivity index (χ0) is 18.0. The Labute approximate surface area is 146 Å². The minimum Gasteiger partial charge on any atom is -0.387 e. The van der Waals surface area contributed by atoms with Gasteiger partial charge in [0.1, 0.15) is 6.04 Å². The Morgan fingerprint density at radius 1 is 1.24 bits per heavy atom. The number of nitrogens with zero attached hydrogens (tertiary/aromatic N) is 2. The van der Waals surface area contributed by atoms with E-state index < -0.39 is 17.7 Å². The monoisotopic (exact) mass is 357 g/mol. The molecular formula is C17H15N3O4S. The van der Waals surface area contributed by atoms with Crippen LogP contribution in [0.15, 0.2) is 51.0 Å². The maximum absolute atomic E-state index is 12.4. The molecule has 0 saturated heterocycles. The molecule has 25 heavy (non-hydrogen) atoms. The number of ketones is 1. The summed E-state index contributed by atoms with van der Waals surface area (Å²) in [5.41, 5.74) is 1.08. The van der Waals surface area contributed by atoms with Gasteiger partial charge in [-0.3, -0.25) is 9.59 Å². The molecule has 1 aromatic carbocycles. The van der Waals surface area contributed by atoms with Gasteiger partial charge in [-0.1, -0.05) is 6.07 Å². The van der Waals surface area contributed by atoms with E-state index in [2.05, 4.69) is 10.4 Å². The number of hydrogen-bond donors (Lipinski definition) is 1.